The zero-order valence-corrected chi connectivity index (χ0v) is 22.3. The first-order chi connectivity index (χ1) is 18.7. The minimum atomic E-state index is -1.23. The molecule has 2 bridgehead atoms. The number of hydrogen-bond acceptors (Lipinski definition) is 10. The van der Waals surface area contributed by atoms with E-state index >= 15 is 0 Å². The maximum Gasteiger partial charge on any atom is 0.602 e. The van der Waals surface area contributed by atoms with Crippen molar-refractivity contribution in [2.45, 2.75) is 57.1 Å². The molecule has 2 fully saturated rings. The Morgan fingerprint density at radius 1 is 1.08 bits per heavy atom. The molecule has 0 radical (unpaired) electrons. The number of carbonyl (C=O) groups excluding carboxylic acids is 4. The fraction of sp³-hybridized carbons (Fsp3) is 0.481. The quantitative estimate of drug-likeness (QED) is 0.445. The zero-order chi connectivity index (χ0) is 27.9. The number of benzene rings is 1. The van der Waals surface area contributed by atoms with Crippen LogP contribution in [0.4, 0.5) is 0 Å². The molecule has 206 valence electrons. The van der Waals surface area contributed by atoms with Crippen molar-refractivity contribution in [3.05, 3.63) is 60.2 Å². The summed E-state index contributed by atoms with van der Waals surface area (Å²) in [5.41, 5.74) is 0.943. The average molecular weight is 536 g/mol. The number of fused-ring (bicyclic) bond motifs is 2. The van der Waals surface area contributed by atoms with Crippen molar-refractivity contribution in [1.82, 2.24) is 20.2 Å². The number of carbonyl (C=O) groups is 4. The van der Waals surface area contributed by atoms with Crippen molar-refractivity contribution in [3.63, 3.8) is 0 Å². The van der Waals surface area contributed by atoms with E-state index in [1.807, 2.05) is 44.2 Å². The summed E-state index contributed by atoms with van der Waals surface area (Å²) in [6.45, 7) is 4.15. The fourth-order valence-corrected chi connectivity index (χ4v) is 4.86. The molecule has 0 saturated carbocycles. The third kappa shape index (κ3) is 7.27. The minimum Gasteiger partial charge on any atom is -0.498 e. The van der Waals surface area contributed by atoms with Gasteiger partial charge in [-0.15, -0.1) is 0 Å². The molecular weight excluding hydrogens is 503 g/mol. The maximum atomic E-state index is 13.8. The Kier molecular flexibility index (Phi) is 9.42. The zero-order valence-electron chi connectivity index (χ0n) is 22.3. The second kappa shape index (κ2) is 12.9. The summed E-state index contributed by atoms with van der Waals surface area (Å²) in [7, 11) is 0.422. The smallest absolute Gasteiger partial charge is 0.498 e. The first-order valence-corrected chi connectivity index (χ1v) is 13.1. The number of Topliss-reactive ketones (excluding diaryl/α,β-unsaturated/α-hetero) is 1. The number of nitrogens with zero attached hydrogens (tertiary/aromatic N) is 3. The van der Waals surface area contributed by atoms with Crippen molar-refractivity contribution < 1.29 is 33.2 Å². The van der Waals surface area contributed by atoms with Gasteiger partial charge in [-0.3, -0.25) is 29.1 Å². The lowest BCUT2D eigenvalue weighted by Crippen LogP contribution is -2.61. The molecule has 1 aromatic carbocycles. The molecule has 39 heavy (non-hydrogen) atoms. The lowest BCUT2D eigenvalue weighted by molar-refractivity contribution is -0.166. The van der Waals surface area contributed by atoms with Crippen molar-refractivity contribution in [1.29, 1.82) is 0 Å². The standard InChI is InChI=1S/C27H33BN4O7/c1-17(2)11-19(28-38-26(35)22-15-37-16-23(32(22)3)27(36)39-28)13-24(33)20(12-18-7-5-4-6-8-18)31-25(34)21-14-29-9-10-30-21/h4-10,14,17,19-20,22-23H,11-13,15-16H2,1-3H3,(H,31,34)/t19-,20+,22+,23+/m1/s1. The Labute approximate surface area is 227 Å². The van der Waals surface area contributed by atoms with Crippen LogP contribution in [-0.2, 0) is 34.9 Å². The molecule has 1 amide bonds. The molecule has 2 aromatic rings. The third-order valence-corrected chi connectivity index (χ3v) is 6.94. The van der Waals surface area contributed by atoms with Crippen molar-refractivity contribution in [2.24, 2.45) is 5.92 Å². The first-order valence-electron chi connectivity index (χ1n) is 13.1. The van der Waals surface area contributed by atoms with Gasteiger partial charge in [0.1, 0.15) is 17.8 Å². The molecule has 12 heteroatoms. The highest BCUT2D eigenvalue weighted by molar-refractivity contribution is 6.51. The van der Waals surface area contributed by atoms with E-state index in [0.717, 1.165) is 5.56 Å². The molecule has 0 spiro atoms. The first kappa shape index (κ1) is 28.4. The molecule has 4 atom stereocenters. The van der Waals surface area contributed by atoms with E-state index in [4.69, 9.17) is 14.0 Å². The number of ketones is 1. The predicted molar refractivity (Wildman–Crippen MR) is 140 cm³/mol. The molecule has 2 saturated heterocycles. The summed E-state index contributed by atoms with van der Waals surface area (Å²) in [6, 6.07) is 6.94. The topological polar surface area (TPSA) is 137 Å². The highest BCUT2D eigenvalue weighted by Gasteiger charge is 2.48. The number of rotatable bonds is 10. The number of amides is 1. The van der Waals surface area contributed by atoms with Gasteiger partial charge in [0.25, 0.3) is 5.91 Å². The van der Waals surface area contributed by atoms with Crippen LogP contribution < -0.4 is 5.32 Å². The van der Waals surface area contributed by atoms with Crippen molar-refractivity contribution >= 4 is 30.7 Å². The molecule has 1 aromatic heterocycles. The highest BCUT2D eigenvalue weighted by Crippen LogP contribution is 2.30. The second-order valence-electron chi connectivity index (χ2n) is 10.3. The van der Waals surface area contributed by atoms with E-state index in [9.17, 15) is 19.2 Å². The Morgan fingerprint density at radius 3 is 2.33 bits per heavy atom. The summed E-state index contributed by atoms with van der Waals surface area (Å²) in [4.78, 5) is 62.2. The SMILES string of the molecule is CC(C)C[C@H](CC(=O)[C@H](Cc1ccccc1)NC(=O)c1cnccn1)B1OC(=O)[C@@H]2COC[C@@H](C(=O)O1)N2C. The molecule has 11 nitrogen and oxygen atoms in total. The Morgan fingerprint density at radius 2 is 1.74 bits per heavy atom. The number of nitrogens with one attached hydrogen (secondary N) is 1. The number of aromatic nitrogens is 2. The van der Waals surface area contributed by atoms with Crippen LogP contribution in [0.15, 0.2) is 48.9 Å². The normalized spacial score (nSPS) is 21.3. The predicted octanol–water partition coefficient (Wildman–Crippen LogP) is 1.48. The van der Waals surface area contributed by atoms with Crippen LogP contribution in [0.5, 0.6) is 0 Å². The van der Waals surface area contributed by atoms with Gasteiger partial charge in [-0.05, 0) is 31.4 Å². The van der Waals surface area contributed by atoms with E-state index in [1.165, 1.54) is 18.6 Å². The van der Waals surface area contributed by atoms with Crippen LogP contribution in [0.1, 0.15) is 42.7 Å². The van der Waals surface area contributed by atoms with Gasteiger partial charge < -0.3 is 19.4 Å². The van der Waals surface area contributed by atoms with Gasteiger partial charge in [-0.2, -0.15) is 0 Å². The number of morpholine rings is 1. The van der Waals surface area contributed by atoms with Crippen LogP contribution in [0, 0.1) is 5.92 Å². The van der Waals surface area contributed by atoms with E-state index in [-0.39, 0.29) is 43.5 Å². The van der Waals surface area contributed by atoms with Gasteiger partial charge in [0.15, 0.2) is 5.78 Å². The minimum absolute atomic E-state index is 0.0800. The number of ether oxygens (including phenoxy) is 1. The molecular formula is C27H33BN4O7. The van der Waals surface area contributed by atoms with Crippen LogP contribution in [0.2, 0.25) is 5.82 Å². The van der Waals surface area contributed by atoms with Crippen LogP contribution in [0.3, 0.4) is 0 Å². The lowest BCUT2D eigenvalue weighted by Gasteiger charge is -2.40. The number of likely N-dealkylation sites (N-methyl/N-ethyl adjacent to an activating group) is 1. The van der Waals surface area contributed by atoms with Gasteiger partial charge in [0.2, 0.25) is 0 Å². The molecule has 3 heterocycles. The molecule has 0 unspecified atom stereocenters. The van der Waals surface area contributed by atoms with Gasteiger partial charge in [-0.25, -0.2) is 4.98 Å². The van der Waals surface area contributed by atoms with Gasteiger partial charge >= 0.3 is 19.1 Å². The lowest BCUT2D eigenvalue weighted by atomic mass is 9.64. The third-order valence-electron chi connectivity index (χ3n) is 6.94. The Hall–Kier alpha value is -3.64. The number of hydrogen-bond donors (Lipinski definition) is 1. The summed E-state index contributed by atoms with van der Waals surface area (Å²) in [5, 5.41) is 2.79. The van der Waals surface area contributed by atoms with Crippen LogP contribution in [0.25, 0.3) is 0 Å². The summed E-state index contributed by atoms with van der Waals surface area (Å²) in [5.74, 6) is -2.45. The van der Waals surface area contributed by atoms with Gasteiger partial charge in [0.05, 0.1) is 25.5 Å². The summed E-state index contributed by atoms with van der Waals surface area (Å²) in [6.07, 6.45) is 4.80. The highest BCUT2D eigenvalue weighted by atomic mass is 16.6. The van der Waals surface area contributed by atoms with Crippen LogP contribution >= 0.6 is 0 Å². The van der Waals surface area contributed by atoms with Crippen molar-refractivity contribution in [2.75, 3.05) is 20.3 Å². The Bertz CT molecular complexity index is 1140. The molecule has 2 aliphatic rings. The fourth-order valence-electron chi connectivity index (χ4n) is 4.86. The van der Waals surface area contributed by atoms with Crippen LogP contribution in [-0.4, -0.2) is 84.0 Å². The monoisotopic (exact) mass is 536 g/mol. The second-order valence-corrected chi connectivity index (χ2v) is 10.3. The summed E-state index contributed by atoms with van der Waals surface area (Å²) >= 11 is 0. The van der Waals surface area contributed by atoms with Crippen molar-refractivity contribution in [3.8, 4) is 0 Å². The largest absolute Gasteiger partial charge is 0.602 e. The molecule has 1 N–H and O–H groups in total. The Balaban J connectivity index is 1.56. The average Bonchev–Trinajstić information content (AvgIpc) is 2.92. The molecule has 2 aliphatic heterocycles. The maximum absolute atomic E-state index is 13.8. The van der Waals surface area contributed by atoms with E-state index < -0.39 is 48.9 Å². The van der Waals surface area contributed by atoms with Gasteiger partial charge in [0, 0.05) is 24.6 Å². The summed E-state index contributed by atoms with van der Waals surface area (Å²) < 4.78 is 16.8. The molecule has 4 rings (SSSR count). The van der Waals surface area contributed by atoms with E-state index in [0.29, 0.717) is 6.42 Å². The van der Waals surface area contributed by atoms with E-state index in [2.05, 4.69) is 15.3 Å². The molecule has 0 aliphatic carbocycles. The van der Waals surface area contributed by atoms with E-state index in [1.54, 1.807) is 11.9 Å². The van der Waals surface area contributed by atoms with Gasteiger partial charge in [-0.1, -0.05) is 44.2 Å².